The van der Waals surface area contributed by atoms with E-state index in [9.17, 15) is 22.8 Å². The van der Waals surface area contributed by atoms with Gasteiger partial charge in [0.25, 0.3) is 5.56 Å². The van der Waals surface area contributed by atoms with Gasteiger partial charge in [-0.15, -0.1) is 0 Å². The number of hydrogen-bond acceptors (Lipinski definition) is 8. The third-order valence-electron chi connectivity index (χ3n) is 5.37. The van der Waals surface area contributed by atoms with Gasteiger partial charge < -0.3 is 19.9 Å². The SMILES string of the molecule is CC(C)(COCCC(=O)N1CCN(c2ccc(C#N)cn2)CC1)Nc1cn[nH]c(=O)c1C(F)(F)F. The maximum atomic E-state index is 13.2. The highest BCUT2D eigenvalue weighted by Crippen LogP contribution is 2.32. The van der Waals surface area contributed by atoms with Crippen LogP contribution in [0.15, 0.2) is 29.3 Å². The quantitative estimate of drug-likeness (QED) is 0.535. The van der Waals surface area contributed by atoms with Crippen LogP contribution >= 0.6 is 0 Å². The molecule has 1 aliphatic heterocycles. The van der Waals surface area contributed by atoms with Crippen molar-refractivity contribution in [3.63, 3.8) is 0 Å². The predicted octanol–water partition coefficient (Wildman–Crippen LogP) is 2.00. The molecule has 1 fully saturated rings. The van der Waals surface area contributed by atoms with Crippen LogP contribution in [0.25, 0.3) is 0 Å². The fourth-order valence-corrected chi connectivity index (χ4v) is 3.64. The summed E-state index contributed by atoms with van der Waals surface area (Å²) in [4.78, 5) is 32.2. The second kappa shape index (κ2) is 10.7. The van der Waals surface area contributed by atoms with Crippen LogP contribution in [-0.2, 0) is 15.7 Å². The Morgan fingerprint density at radius 3 is 2.54 bits per heavy atom. The molecule has 0 unspecified atom stereocenters. The van der Waals surface area contributed by atoms with Gasteiger partial charge in [0.2, 0.25) is 5.91 Å². The molecule has 3 rings (SSSR count). The highest BCUT2D eigenvalue weighted by atomic mass is 19.4. The van der Waals surface area contributed by atoms with E-state index < -0.39 is 28.5 Å². The lowest BCUT2D eigenvalue weighted by Crippen LogP contribution is -2.49. The Hall–Kier alpha value is -3.66. The molecule has 10 nitrogen and oxygen atoms in total. The number of ether oxygens (including phenoxy) is 1. The number of aromatic nitrogens is 3. The third-order valence-corrected chi connectivity index (χ3v) is 5.37. The number of aromatic amines is 1. The normalized spacial score (nSPS) is 14.5. The molecule has 2 aromatic heterocycles. The van der Waals surface area contributed by atoms with Gasteiger partial charge in [0.15, 0.2) is 0 Å². The number of nitrogens with one attached hydrogen (secondary N) is 2. The van der Waals surface area contributed by atoms with Crippen LogP contribution in [0.1, 0.15) is 31.4 Å². The smallest absolute Gasteiger partial charge is 0.379 e. The number of nitriles is 1. The van der Waals surface area contributed by atoms with Crippen LogP contribution in [0.3, 0.4) is 0 Å². The molecule has 0 bridgehead atoms. The minimum atomic E-state index is -4.84. The molecule has 2 aromatic rings. The number of nitrogens with zero attached hydrogens (tertiary/aromatic N) is 5. The van der Waals surface area contributed by atoms with Gasteiger partial charge in [-0.1, -0.05) is 0 Å². The minimum absolute atomic E-state index is 0.00250. The van der Waals surface area contributed by atoms with Crippen LogP contribution in [0.5, 0.6) is 0 Å². The van der Waals surface area contributed by atoms with Gasteiger partial charge in [0.1, 0.15) is 17.5 Å². The van der Waals surface area contributed by atoms with Crippen LogP contribution in [0.4, 0.5) is 24.7 Å². The summed E-state index contributed by atoms with van der Waals surface area (Å²) < 4.78 is 45.2. The Bertz CT molecular complexity index is 1120. The number of H-pyrrole nitrogens is 1. The highest BCUT2D eigenvalue weighted by molar-refractivity contribution is 5.76. The van der Waals surface area contributed by atoms with Crippen molar-refractivity contribution in [3.05, 3.63) is 46.0 Å². The molecule has 0 saturated carbocycles. The molecule has 0 atom stereocenters. The standard InChI is InChI=1S/C22H26F3N7O3/c1-21(2,29-16-13-28-30-20(34)19(16)22(23,24)25)14-35-10-5-18(33)32-8-6-31(7-9-32)17-4-3-15(11-26)12-27-17/h3-4,12-13H,5-10,14H2,1-2H3,(H2,29,30,34). The van der Waals surface area contributed by atoms with Crippen molar-refractivity contribution in [1.29, 1.82) is 5.26 Å². The maximum absolute atomic E-state index is 13.2. The first-order valence-electron chi connectivity index (χ1n) is 10.9. The largest absolute Gasteiger partial charge is 0.423 e. The maximum Gasteiger partial charge on any atom is 0.423 e. The van der Waals surface area contributed by atoms with Crippen molar-refractivity contribution >= 4 is 17.4 Å². The number of pyridine rings is 1. The number of alkyl halides is 3. The van der Waals surface area contributed by atoms with Crippen molar-refractivity contribution in [2.75, 3.05) is 49.6 Å². The van der Waals surface area contributed by atoms with E-state index in [2.05, 4.69) is 15.4 Å². The fourth-order valence-electron chi connectivity index (χ4n) is 3.64. The number of halogens is 3. The molecule has 35 heavy (non-hydrogen) atoms. The van der Waals surface area contributed by atoms with E-state index >= 15 is 0 Å². The Labute approximate surface area is 199 Å². The zero-order chi connectivity index (χ0) is 25.6. The van der Waals surface area contributed by atoms with Gasteiger partial charge in [-0.25, -0.2) is 10.1 Å². The average molecular weight is 493 g/mol. The van der Waals surface area contributed by atoms with Crippen molar-refractivity contribution in [3.8, 4) is 6.07 Å². The lowest BCUT2D eigenvalue weighted by Gasteiger charge is -2.35. The fraction of sp³-hybridized carbons (Fsp3) is 0.500. The zero-order valence-electron chi connectivity index (χ0n) is 19.4. The molecule has 1 amide bonds. The van der Waals surface area contributed by atoms with Gasteiger partial charge >= 0.3 is 6.18 Å². The number of anilines is 2. The monoisotopic (exact) mass is 493 g/mol. The molecular formula is C22H26F3N7O3. The van der Waals surface area contributed by atoms with Gasteiger partial charge in [0.05, 0.1) is 42.6 Å². The molecule has 3 heterocycles. The molecule has 1 aliphatic rings. The molecule has 0 radical (unpaired) electrons. The molecule has 2 N–H and O–H groups in total. The van der Waals surface area contributed by atoms with E-state index in [1.54, 1.807) is 36.0 Å². The number of piperazine rings is 1. The number of rotatable bonds is 8. The molecule has 0 aliphatic carbocycles. The molecule has 0 aromatic carbocycles. The van der Waals surface area contributed by atoms with Crippen LogP contribution in [0, 0.1) is 11.3 Å². The zero-order valence-corrected chi connectivity index (χ0v) is 19.4. The first kappa shape index (κ1) is 26.0. The van der Waals surface area contributed by atoms with Crippen molar-refractivity contribution in [2.45, 2.75) is 32.0 Å². The Kier molecular flexibility index (Phi) is 7.96. The van der Waals surface area contributed by atoms with E-state index in [1.807, 2.05) is 11.0 Å². The molecule has 13 heteroatoms. The second-order valence-electron chi connectivity index (χ2n) is 8.68. The topological polar surface area (TPSA) is 127 Å². The number of amides is 1. The molecule has 0 spiro atoms. The Balaban J connectivity index is 1.44. The van der Waals surface area contributed by atoms with Crippen LogP contribution < -0.4 is 15.8 Å². The lowest BCUT2D eigenvalue weighted by atomic mass is 10.1. The molecule has 1 saturated heterocycles. The highest BCUT2D eigenvalue weighted by Gasteiger charge is 2.38. The lowest BCUT2D eigenvalue weighted by molar-refractivity contribution is -0.138. The number of carbonyl (C=O) groups is 1. The van der Waals surface area contributed by atoms with Gasteiger partial charge in [-0.2, -0.15) is 23.5 Å². The van der Waals surface area contributed by atoms with E-state index in [0.29, 0.717) is 31.7 Å². The average Bonchev–Trinajstić information content (AvgIpc) is 2.81. The predicted molar refractivity (Wildman–Crippen MR) is 121 cm³/mol. The summed E-state index contributed by atoms with van der Waals surface area (Å²) in [6.45, 7) is 5.58. The summed E-state index contributed by atoms with van der Waals surface area (Å²) in [6, 6.07) is 5.50. The summed E-state index contributed by atoms with van der Waals surface area (Å²) in [7, 11) is 0. The van der Waals surface area contributed by atoms with Gasteiger partial charge in [0, 0.05) is 32.4 Å². The van der Waals surface area contributed by atoms with E-state index in [0.717, 1.165) is 12.0 Å². The van der Waals surface area contributed by atoms with Crippen molar-refractivity contribution in [2.24, 2.45) is 0 Å². The first-order valence-corrected chi connectivity index (χ1v) is 10.9. The van der Waals surface area contributed by atoms with Gasteiger partial charge in [-0.05, 0) is 26.0 Å². The summed E-state index contributed by atoms with van der Waals surface area (Å²) in [6.07, 6.45) is -2.30. The summed E-state index contributed by atoms with van der Waals surface area (Å²) >= 11 is 0. The van der Waals surface area contributed by atoms with Crippen molar-refractivity contribution < 1.29 is 22.7 Å². The molecular weight excluding hydrogens is 467 g/mol. The van der Waals surface area contributed by atoms with Crippen LogP contribution in [0.2, 0.25) is 0 Å². The first-order chi connectivity index (χ1) is 16.5. The third kappa shape index (κ3) is 6.92. The van der Waals surface area contributed by atoms with Crippen molar-refractivity contribution in [1.82, 2.24) is 20.1 Å². The summed E-state index contributed by atoms with van der Waals surface area (Å²) in [5.41, 5.74) is -3.61. The summed E-state index contributed by atoms with van der Waals surface area (Å²) in [5.74, 6) is 0.666. The minimum Gasteiger partial charge on any atom is -0.379 e. The Morgan fingerprint density at radius 2 is 1.94 bits per heavy atom. The number of carbonyl (C=O) groups excluding carboxylic acids is 1. The van der Waals surface area contributed by atoms with E-state index in [-0.39, 0.29) is 25.5 Å². The van der Waals surface area contributed by atoms with Gasteiger partial charge in [-0.3, -0.25) is 9.59 Å². The van der Waals surface area contributed by atoms with E-state index in [1.165, 1.54) is 6.20 Å². The number of hydrogen-bond donors (Lipinski definition) is 2. The Morgan fingerprint density at radius 1 is 1.23 bits per heavy atom. The van der Waals surface area contributed by atoms with Crippen LogP contribution in [-0.4, -0.2) is 70.9 Å². The second-order valence-corrected chi connectivity index (χ2v) is 8.68. The molecule has 188 valence electrons. The van der Waals surface area contributed by atoms with E-state index in [4.69, 9.17) is 10.00 Å². The summed E-state index contributed by atoms with van der Waals surface area (Å²) in [5, 5.41) is 16.8.